The predicted molar refractivity (Wildman–Crippen MR) is 250 cm³/mol. The van der Waals surface area contributed by atoms with E-state index in [-0.39, 0.29) is 5.41 Å². The molecule has 0 atom stereocenters. The number of hydrogen-bond acceptors (Lipinski definition) is 0. The normalized spacial score (nSPS) is 14.5. The molecule has 9 aromatic carbocycles. The highest BCUT2D eigenvalue weighted by Crippen LogP contribution is 2.60. The SMILES string of the molecule is Cn1c2ccccc2c2cccc(-c3cccc4c(-c5cccc6c5-c5ccccc5C65CCCC5)c5cccc(-c6cccc7c8ccccc8n(C)c67)c5cc34)c21. The minimum Gasteiger partial charge on any atom is -0.343 e. The Morgan fingerprint density at radius 1 is 0.339 bits per heavy atom. The van der Waals surface area contributed by atoms with Crippen LogP contribution in [0.2, 0.25) is 0 Å². The molecule has 1 spiro atoms. The molecule has 0 amide bonds. The van der Waals surface area contributed by atoms with Gasteiger partial charge in [-0.1, -0.05) is 165 Å². The first-order valence-electron chi connectivity index (χ1n) is 21.3. The van der Waals surface area contributed by atoms with E-state index in [4.69, 9.17) is 0 Å². The number of aromatic nitrogens is 2. The Bertz CT molecular complexity index is 3410. The molecule has 0 bridgehead atoms. The molecule has 2 nitrogen and oxygen atoms in total. The maximum absolute atomic E-state index is 2.53. The number of benzene rings is 9. The highest BCUT2D eigenvalue weighted by molar-refractivity contribution is 6.24. The van der Waals surface area contributed by atoms with Gasteiger partial charge in [-0.15, -0.1) is 0 Å². The van der Waals surface area contributed by atoms with Crippen molar-refractivity contribution >= 4 is 65.2 Å². The molecule has 1 saturated carbocycles. The van der Waals surface area contributed by atoms with Crippen molar-refractivity contribution in [1.82, 2.24) is 9.13 Å². The van der Waals surface area contributed by atoms with Gasteiger partial charge in [0, 0.05) is 63.2 Å². The maximum Gasteiger partial charge on any atom is 0.0568 e. The predicted octanol–water partition coefficient (Wildman–Crippen LogP) is 15.1. The highest BCUT2D eigenvalue weighted by atomic mass is 14.9. The van der Waals surface area contributed by atoms with Crippen molar-refractivity contribution in [3.63, 3.8) is 0 Å². The lowest BCUT2D eigenvalue weighted by molar-refractivity contribution is 0.550. The Labute approximate surface area is 343 Å². The van der Waals surface area contributed by atoms with E-state index in [0.29, 0.717) is 0 Å². The summed E-state index contributed by atoms with van der Waals surface area (Å²) in [4.78, 5) is 0. The van der Waals surface area contributed by atoms with Crippen LogP contribution in [0.3, 0.4) is 0 Å². The standard InChI is InChI=1S/C57H42N2/c1-58-51-30-7-4-16-37(51)43-25-13-23-41(55(43)58)35-19-11-21-39-47(35)34-48-36(42-24-14-26-44-38-17-5-8-31-52(38)59(2)56(42)44)20-12-22-40(48)53(39)46-27-15-29-50-54(46)45-18-3-6-28-49(45)57(50)32-9-10-33-57/h3-8,11-31,34H,9-10,32-33H2,1-2H3. The lowest BCUT2D eigenvalue weighted by Crippen LogP contribution is -2.20. The van der Waals surface area contributed by atoms with Gasteiger partial charge in [0.25, 0.3) is 0 Å². The van der Waals surface area contributed by atoms with Crippen molar-refractivity contribution in [2.75, 3.05) is 0 Å². The minimum absolute atomic E-state index is 0.0903. The molecule has 0 saturated heterocycles. The zero-order valence-corrected chi connectivity index (χ0v) is 33.4. The Hall–Kier alpha value is -6.90. The highest BCUT2D eigenvalue weighted by Gasteiger charge is 2.45. The van der Waals surface area contributed by atoms with E-state index in [0.717, 1.165) is 0 Å². The van der Waals surface area contributed by atoms with Crippen molar-refractivity contribution in [1.29, 1.82) is 0 Å². The molecule has 11 aromatic rings. The van der Waals surface area contributed by atoms with E-state index < -0.39 is 0 Å². The van der Waals surface area contributed by atoms with Gasteiger partial charge in [0.1, 0.15) is 0 Å². The van der Waals surface area contributed by atoms with Crippen molar-refractivity contribution in [3.05, 3.63) is 181 Å². The summed E-state index contributed by atoms with van der Waals surface area (Å²) >= 11 is 0. The molecule has 280 valence electrons. The number of nitrogens with zero attached hydrogens (tertiary/aromatic N) is 2. The molecule has 0 unspecified atom stereocenters. The monoisotopic (exact) mass is 754 g/mol. The van der Waals surface area contributed by atoms with Gasteiger partial charge in [0.05, 0.1) is 11.0 Å². The third kappa shape index (κ3) is 4.31. The van der Waals surface area contributed by atoms with Gasteiger partial charge in [-0.2, -0.15) is 0 Å². The Morgan fingerprint density at radius 3 is 1.36 bits per heavy atom. The molecular formula is C57H42N2. The van der Waals surface area contributed by atoms with Gasteiger partial charge in [0.2, 0.25) is 0 Å². The van der Waals surface area contributed by atoms with E-state index in [2.05, 4.69) is 193 Å². The largest absolute Gasteiger partial charge is 0.343 e. The fraction of sp³-hybridized carbons (Fsp3) is 0.123. The lowest BCUT2D eigenvalue weighted by Gasteiger charge is -2.27. The van der Waals surface area contributed by atoms with Crippen LogP contribution >= 0.6 is 0 Å². The van der Waals surface area contributed by atoms with Crippen LogP contribution in [0.5, 0.6) is 0 Å². The minimum atomic E-state index is 0.0903. The van der Waals surface area contributed by atoms with Crippen LogP contribution in [0.4, 0.5) is 0 Å². The van der Waals surface area contributed by atoms with Gasteiger partial charge >= 0.3 is 0 Å². The van der Waals surface area contributed by atoms with Crippen molar-refractivity contribution in [2.45, 2.75) is 31.1 Å². The third-order valence-corrected chi connectivity index (χ3v) is 14.5. The Kier molecular flexibility index (Phi) is 6.77. The summed E-state index contributed by atoms with van der Waals surface area (Å²) in [6, 6.07) is 64.6. The van der Waals surface area contributed by atoms with Gasteiger partial charge in [-0.3, -0.25) is 0 Å². The number of rotatable bonds is 3. The number of aryl methyl sites for hydroxylation is 2. The summed E-state index contributed by atoms with van der Waals surface area (Å²) in [5, 5.41) is 10.3. The van der Waals surface area contributed by atoms with Gasteiger partial charge in [-0.25, -0.2) is 0 Å². The number of hydrogen-bond donors (Lipinski definition) is 0. The van der Waals surface area contributed by atoms with E-state index in [1.54, 1.807) is 0 Å². The molecule has 2 aliphatic rings. The van der Waals surface area contributed by atoms with Gasteiger partial charge in [-0.05, 0) is 97.1 Å². The first-order valence-corrected chi connectivity index (χ1v) is 21.3. The first kappa shape index (κ1) is 33.1. The summed E-state index contributed by atoms with van der Waals surface area (Å²) in [5.41, 5.74) is 18.8. The summed E-state index contributed by atoms with van der Waals surface area (Å²) < 4.78 is 4.80. The molecule has 2 heteroatoms. The number of para-hydroxylation sites is 4. The summed E-state index contributed by atoms with van der Waals surface area (Å²) in [6.45, 7) is 0. The molecule has 13 rings (SSSR count). The second kappa shape index (κ2) is 12.1. The average Bonchev–Trinajstić information content (AvgIpc) is 4.05. The fourth-order valence-electron chi connectivity index (χ4n) is 12.1. The Balaban J connectivity index is 1.19. The maximum atomic E-state index is 2.53. The number of fused-ring (bicyclic) bond motifs is 13. The summed E-state index contributed by atoms with van der Waals surface area (Å²) in [7, 11) is 4.46. The van der Waals surface area contributed by atoms with E-state index >= 15 is 0 Å². The molecule has 0 N–H and O–H groups in total. The van der Waals surface area contributed by atoms with Crippen molar-refractivity contribution in [3.8, 4) is 44.5 Å². The fourth-order valence-corrected chi connectivity index (χ4v) is 12.1. The van der Waals surface area contributed by atoms with Crippen LogP contribution in [0.15, 0.2) is 170 Å². The molecule has 0 radical (unpaired) electrons. The van der Waals surface area contributed by atoms with Crippen LogP contribution in [-0.4, -0.2) is 9.13 Å². The molecule has 2 heterocycles. The van der Waals surface area contributed by atoms with E-state index in [1.807, 2.05) is 0 Å². The summed E-state index contributed by atoms with van der Waals surface area (Å²) in [6.07, 6.45) is 4.99. The average molecular weight is 755 g/mol. The van der Waals surface area contributed by atoms with Crippen LogP contribution < -0.4 is 0 Å². The van der Waals surface area contributed by atoms with Crippen molar-refractivity contribution < 1.29 is 0 Å². The second-order valence-corrected chi connectivity index (χ2v) is 17.2. The van der Waals surface area contributed by atoms with Crippen LogP contribution in [0.1, 0.15) is 36.8 Å². The van der Waals surface area contributed by atoms with Gasteiger partial charge < -0.3 is 9.13 Å². The van der Waals surface area contributed by atoms with Crippen LogP contribution in [0.25, 0.3) is 110 Å². The Morgan fingerprint density at radius 2 is 0.763 bits per heavy atom. The molecule has 2 aliphatic carbocycles. The van der Waals surface area contributed by atoms with Crippen LogP contribution in [0, 0.1) is 0 Å². The van der Waals surface area contributed by atoms with Crippen molar-refractivity contribution in [2.24, 2.45) is 14.1 Å². The first-order chi connectivity index (χ1) is 29.1. The zero-order valence-electron chi connectivity index (χ0n) is 33.4. The second-order valence-electron chi connectivity index (χ2n) is 17.2. The molecule has 1 fully saturated rings. The van der Waals surface area contributed by atoms with E-state index in [1.165, 1.54) is 146 Å². The van der Waals surface area contributed by atoms with Crippen LogP contribution in [-0.2, 0) is 19.5 Å². The zero-order chi connectivity index (χ0) is 39.0. The topological polar surface area (TPSA) is 9.86 Å². The smallest absolute Gasteiger partial charge is 0.0568 e. The molecule has 0 aliphatic heterocycles. The molecule has 2 aromatic heterocycles. The molecule has 59 heavy (non-hydrogen) atoms. The lowest BCUT2D eigenvalue weighted by atomic mass is 9.76. The third-order valence-electron chi connectivity index (χ3n) is 14.5. The summed E-state index contributed by atoms with van der Waals surface area (Å²) in [5.74, 6) is 0. The van der Waals surface area contributed by atoms with E-state index in [9.17, 15) is 0 Å². The molecular weight excluding hydrogens is 713 g/mol. The quantitative estimate of drug-likeness (QED) is 0.159. The van der Waals surface area contributed by atoms with Gasteiger partial charge in [0.15, 0.2) is 0 Å².